The van der Waals surface area contributed by atoms with Gasteiger partial charge in [-0.15, -0.1) is 0 Å². The molecule has 0 atom stereocenters. The number of rotatable bonds is 3. The third-order valence-corrected chi connectivity index (χ3v) is 3.17. The maximum absolute atomic E-state index is 13.7. The number of halogens is 2. The van der Waals surface area contributed by atoms with Crippen LogP contribution in [0.5, 0.6) is 11.6 Å². The third-order valence-electron chi connectivity index (χ3n) is 2.68. The van der Waals surface area contributed by atoms with Crippen molar-refractivity contribution in [2.24, 2.45) is 0 Å². The molecule has 1 aromatic heterocycles. The number of hydrogen-bond acceptors (Lipinski definition) is 3. The van der Waals surface area contributed by atoms with Gasteiger partial charge in [0, 0.05) is 4.47 Å². The summed E-state index contributed by atoms with van der Waals surface area (Å²) in [6.07, 6.45) is 0. The number of hydrogen-bond donors (Lipinski definition) is 1. The Morgan fingerprint density at radius 3 is 2.74 bits per heavy atom. The van der Waals surface area contributed by atoms with E-state index in [1.807, 2.05) is 13.8 Å². The van der Waals surface area contributed by atoms with Crippen LogP contribution in [0.4, 0.5) is 10.1 Å². The lowest BCUT2D eigenvalue weighted by Crippen LogP contribution is -2.06. The van der Waals surface area contributed by atoms with Gasteiger partial charge in [-0.1, -0.05) is 15.9 Å². The first-order chi connectivity index (χ1) is 8.90. The Kier molecular flexibility index (Phi) is 3.80. The Balaban J connectivity index is 2.45. The molecule has 4 nitrogen and oxygen atoms in total. The summed E-state index contributed by atoms with van der Waals surface area (Å²) in [6, 6.07) is 4.57. The predicted molar refractivity (Wildman–Crippen MR) is 75.9 cm³/mol. The standard InChI is InChI=1S/C13H15BrFN3O/c1-7(2)18-13(12(16)8(3)17-18)19-11-6-9(14)4-5-10(11)15/h4-7H,16H2,1-3H3. The number of nitrogens with zero attached hydrogens (tertiary/aromatic N) is 2. The maximum Gasteiger partial charge on any atom is 0.241 e. The van der Waals surface area contributed by atoms with E-state index in [2.05, 4.69) is 21.0 Å². The highest BCUT2D eigenvalue weighted by atomic mass is 79.9. The van der Waals surface area contributed by atoms with Crippen molar-refractivity contribution in [3.05, 3.63) is 34.2 Å². The average Bonchev–Trinajstić information content (AvgIpc) is 2.62. The molecule has 0 aliphatic heterocycles. The van der Waals surface area contributed by atoms with Crippen molar-refractivity contribution >= 4 is 21.6 Å². The van der Waals surface area contributed by atoms with E-state index in [1.165, 1.54) is 6.07 Å². The minimum absolute atomic E-state index is 0.0706. The summed E-state index contributed by atoms with van der Waals surface area (Å²) >= 11 is 3.28. The van der Waals surface area contributed by atoms with Gasteiger partial charge in [0.25, 0.3) is 0 Å². The molecular formula is C13H15BrFN3O. The molecule has 1 heterocycles. The van der Waals surface area contributed by atoms with Crippen LogP contribution in [0.25, 0.3) is 0 Å². The van der Waals surface area contributed by atoms with Crippen LogP contribution in [-0.2, 0) is 0 Å². The number of aromatic nitrogens is 2. The summed E-state index contributed by atoms with van der Waals surface area (Å²) in [5.74, 6) is 0.0316. The molecule has 0 spiro atoms. The fourth-order valence-corrected chi connectivity index (χ4v) is 1.99. The SMILES string of the molecule is Cc1nn(C(C)C)c(Oc2cc(Br)ccc2F)c1N. The second kappa shape index (κ2) is 5.21. The number of aryl methyl sites for hydroxylation is 1. The van der Waals surface area contributed by atoms with Crippen LogP contribution in [0.1, 0.15) is 25.6 Å². The summed E-state index contributed by atoms with van der Waals surface area (Å²) < 4.78 is 21.7. The Hall–Kier alpha value is -1.56. The number of ether oxygens (including phenoxy) is 1. The van der Waals surface area contributed by atoms with Crippen LogP contribution in [-0.4, -0.2) is 9.78 Å². The van der Waals surface area contributed by atoms with E-state index >= 15 is 0 Å². The number of benzene rings is 1. The van der Waals surface area contributed by atoms with Crippen LogP contribution in [0.15, 0.2) is 22.7 Å². The molecule has 2 aromatic rings. The van der Waals surface area contributed by atoms with Gasteiger partial charge in [-0.25, -0.2) is 9.07 Å². The summed E-state index contributed by atoms with van der Waals surface area (Å²) in [5, 5.41) is 4.29. The van der Waals surface area contributed by atoms with Crippen molar-refractivity contribution in [1.29, 1.82) is 0 Å². The molecule has 0 saturated heterocycles. The average molecular weight is 328 g/mol. The molecule has 2 rings (SSSR count). The minimum Gasteiger partial charge on any atom is -0.434 e. The molecule has 0 amide bonds. The van der Waals surface area contributed by atoms with Gasteiger partial charge in [0.1, 0.15) is 5.69 Å². The highest BCUT2D eigenvalue weighted by Gasteiger charge is 2.18. The Morgan fingerprint density at radius 1 is 1.42 bits per heavy atom. The Labute approximate surface area is 119 Å². The monoisotopic (exact) mass is 327 g/mol. The van der Waals surface area contributed by atoms with Crippen molar-refractivity contribution < 1.29 is 9.13 Å². The van der Waals surface area contributed by atoms with Gasteiger partial charge in [-0.05, 0) is 39.0 Å². The van der Waals surface area contributed by atoms with Crippen LogP contribution in [0, 0.1) is 12.7 Å². The molecule has 2 N–H and O–H groups in total. The first kappa shape index (κ1) is 13.9. The highest BCUT2D eigenvalue weighted by Crippen LogP contribution is 2.34. The predicted octanol–water partition coefficient (Wildman–Crippen LogP) is 4.05. The summed E-state index contributed by atoms with van der Waals surface area (Å²) in [5.41, 5.74) is 7.02. The van der Waals surface area contributed by atoms with E-state index in [1.54, 1.807) is 23.7 Å². The van der Waals surface area contributed by atoms with Crippen LogP contribution in [0.3, 0.4) is 0 Å². The molecule has 0 aliphatic carbocycles. The molecule has 0 unspecified atom stereocenters. The zero-order chi connectivity index (χ0) is 14.2. The van der Waals surface area contributed by atoms with E-state index in [4.69, 9.17) is 10.5 Å². The quantitative estimate of drug-likeness (QED) is 0.925. The molecule has 102 valence electrons. The molecule has 1 aromatic carbocycles. The van der Waals surface area contributed by atoms with Gasteiger partial charge >= 0.3 is 0 Å². The maximum atomic E-state index is 13.7. The molecular weight excluding hydrogens is 313 g/mol. The lowest BCUT2D eigenvalue weighted by Gasteiger charge is -2.13. The van der Waals surface area contributed by atoms with E-state index < -0.39 is 5.82 Å². The second-order valence-corrected chi connectivity index (χ2v) is 5.44. The van der Waals surface area contributed by atoms with Crippen LogP contribution >= 0.6 is 15.9 Å². The van der Waals surface area contributed by atoms with Crippen LogP contribution in [0.2, 0.25) is 0 Å². The Morgan fingerprint density at radius 2 is 2.11 bits per heavy atom. The normalized spacial score (nSPS) is 11.1. The first-order valence-corrected chi connectivity index (χ1v) is 6.67. The van der Waals surface area contributed by atoms with Gasteiger partial charge in [0.2, 0.25) is 5.88 Å². The molecule has 0 fully saturated rings. The largest absolute Gasteiger partial charge is 0.434 e. The van der Waals surface area contributed by atoms with Gasteiger partial charge in [-0.3, -0.25) is 0 Å². The van der Waals surface area contributed by atoms with Crippen LogP contribution < -0.4 is 10.5 Å². The number of anilines is 1. The van der Waals surface area contributed by atoms with E-state index in [0.29, 0.717) is 17.3 Å². The Bertz CT molecular complexity index is 610. The van der Waals surface area contributed by atoms with Crippen molar-refractivity contribution in [3.63, 3.8) is 0 Å². The second-order valence-electron chi connectivity index (χ2n) is 4.52. The van der Waals surface area contributed by atoms with Crippen molar-refractivity contribution in [3.8, 4) is 11.6 Å². The fraction of sp³-hybridized carbons (Fsp3) is 0.308. The van der Waals surface area contributed by atoms with Gasteiger partial charge < -0.3 is 10.5 Å². The van der Waals surface area contributed by atoms with Crippen molar-refractivity contribution in [1.82, 2.24) is 9.78 Å². The minimum atomic E-state index is -0.447. The molecule has 0 aliphatic rings. The van der Waals surface area contributed by atoms with E-state index in [0.717, 1.165) is 4.47 Å². The third kappa shape index (κ3) is 2.73. The van der Waals surface area contributed by atoms with Gasteiger partial charge in [-0.2, -0.15) is 5.10 Å². The van der Waals surface area contributed by atoms with E-state index in [-0.39, 0.29) is 11.8 Å². The summed E-state index contributed by atoms with van der Waals surface area (Å²) in [4.78, 5) is 0. The smallest absolute Gasteiger partial charge is 0.241 e. The summed E-state index contributed by atoms with van der Waals surface area (Å²) in [6.45, 7) is 5.70. The molecule has 19 heavy (non-hydrogen) atoms. The highest BCUT2D eigenvalue weighted by molar-refractivity contribution is 9.10. The fourth-order valence-electron chi connectivity index (χ4n) is 1.65. The van der Waals surface area contributed by atoms with Crippen molar-refractivity contribution in [2.75, 3.05) is 5.73 Å². The van der Waals surface area contributed by atoms with E-state index in [9.17, 15) is 4.39 Å². The molecule has 6 heteroatoms. The molecule has 0 radical (unpaired) electrons. The lowest BCUT2D eigenvalue weighted by atomic mass is 10.3. The first-order valence-electron chi connectivity index (χ1n) is 5.87. The lowest BCUT2D eigenvalue weighted by molar-refractivity contribution is 0.373. The molecule has 0 bridgehead atoms. The molecule has 0 saturated carbocycles. The van der Waals surface area contributed by atoms with Gasteiger partial charge in [0.15, 0.2) is 11.6 Å². The van der Waals surface area contributed by atoms with Gasteiger partial charge in [0.05, 0.1) is 11.7 Å². The number of nitrogen functional groups attached to an aromatic ring is 1. The zero-order valence-electron chi connectivity index (χ0n) is 10.9. The number of nitrogens with two attached hydrogens (primary N) is 1. The van der Waals surface area contributed by atoms with Crippen molar-refractivity contribution in [2.45, 2.75) is 26.8 Å². The topological polar surface area (TPSA) is 53.1 Å². The zero-order valence-corrected chi connectivity index (χ0v) is 12.5. The summed E-state index contributed by atoms with van der Waals surface area (Å²) in [7, 11) is 0.